The number of amides is 1. The lowest BCUT2D eigenvalue weighted by molar-refractivity contribution is -0.123. The van der Waals surface area contributed by atoms with Crippen LogP contribution in [0.2, 0.25) is 0 Å². The lowest BCUT2D eigenvalue weighted by Crippen LogP contribution is -2.46. The van der Waals surface area contributed by atoms with Crippen molar-refractivity contribution in [1.82, 2.24) is 5.32 Å². The Hall–Kier alpha value is 0.0500. The standard InChI is InChI=1S/C10H17Cl2NO/c1-10(12,7-11)9(14)13-8-5-3-2-4-6-8/h8H,2-7H2,1H3,(H,13,14). The van der Waals surface area contributed by atoms with E-state index in [1.54, 1.807) is 6.92 Å². The molecule has 1 fully saturated rings. The van der Waals surface area contributed by atoms with Crippen LogP contribution in [0.25, 0.3) is 0 Å². The first-order chi connectivity index (χ1) is 6.56. The van der Waals surface area contributed by atoms with Crippen molar-refractivity contribution in [3.63, 3.8) is 0 Å². The third kappa shape index (κ3) is 3.32. The van der Waals surface area contributed by atoms with Gasteiger partial charge in [0.15, 0.2) is 0 Å². The number of hydrogen-bond donors (Lipinski definition) is 1. The minimum atomic E-state index is -0.959. The van der Waals surface area contributed by atoms with Crippen LogP contribution in [0.1, 0.15) is 39.0 Å². The van der Waals surface area contributed by atoms with Crippen LogP contribution < -0.4 is 5.32 Å². The first kappa shape index (κ1) is 12.1. The van der Waals surface area contributed by atoms with Gasteiger partial charge in [0.05, 0.1) is 5.88 Å². The van der Waals surface area contributed by atoms with E-state index < -0.39 is 4.87 Å². The molecule has 0 saturated heterocycles. The molecule has 1 rings (SSSR count). The van der Waals surface area contributed by atoms with Crippen LogP contribution in [0.15, 0.2) is 0 Å². The highest BCUT2D eigenvalue weighted by atomic mass is 35.5. The van der Waals surface area contributed by atoms with E-state index in [1.807, 2.05) is 0 Å². The van der Waals surface area contributed by atoms with Crippen LogP contribution in [0.4, 0.5) is 0 Å². The molecule has 1 saturated carbocycles. The van der Waals surface area contributed by atoms with Gasteiger partial charge in [-0.05, 0) is 19.8 Å². The lowest BCUT2D eigenvalue weighted by atomic mass is 9.95. The predicted molar refractivity (Wildman–Crippen MR) is 60.0 cm³/mol. The molecule has 1 N–H and O–H groups in total. The van der Waals surface area contributed by atoms with Gasteiger partial charge in [0.2, 0.25) is 5.91 Å². The molecule has 2 nitrogen and oxygen atoms in total. The van der Waals surface area contributed by atoms with Gasteiger partial charge in [0.1, 0.15) is 4.87 Å². The molecule has 0 aliphatic heterocycles. The quantitative estimate of drug-likeness (QED) is 0.752. The summed E-state index contributed by atoms with van der Waals surface area (Å²) >= 11 is 11.6. The van der Waals surface area contributed by atoms with Crippen molar-refractivity contribution in [2.24, 2.45) is 0 Å². The third-order valence-corrected chi connectivity index (χ3v) is 3.64. The lowest BCUT2D eigenvalue weighted by Gasteiger charge is -2.26. The monoisotopic (exact) mass is 237 g/mol. The molecule has 14 heavy (non-hydrogen) atoms. The molecule has 1 aliphatic carbocycles. The molecule has 0 aromatic heterocycles. The molecule has 0 aromatic carbocycles. The van der Waals surface area contributed by atoms with Crippen molar-refractivity contribution in [3.8, 4) is 0 Å². The average Bonchev–Trinajstić information content (AvgIpc) is 2.19. The molecule has 0 spiro atoms. The van der Waals surface area contributed by atoms with E-state index in [0.29, 0.717) is 6.04 Å². The first-order valence-electron chi connectivity index (χ1n) is 5.12. The van der Waals surface area contributed by atoms with Gasteiger partial charge in [-0.25, -0.2) is 0 Å². The zero-order valence-corrected chi connectivity index (χ0v) is 10.00. The van der Waals surface area contributed by atoms with Gasteiger partial charge >= 0.3 is 0 Å². The van der Waals surface area contributed by atoms with Crippen molar-refractivity contribution in [3.05, 3.63) is 0 Å². The van der Waals surface area contributed by atoms with Gasteiger partial charge < -0.3 is 5.32 Å². The van der Waals surface area contributed by atoms with Crippen LogP contribution in [-0.2, 0) is 4.79 Å². The van der Waals surface area contributed by atoms with E-state index in [0.717, 1.165) is 12.8 Å². The fourth-order valence-corrected chi connectivity index (χ4v) is 1.82. The fraction of sp³-hybridized carbons (Fsp3) is 0.900. The Balaban J connectivity index is 2.39. The van der Waals surface area contributed by atoms with Crippen molar-refractivity contribution in [1.29, 1.82) is 0 Å². The summed E-state index contributed by atoms with van der Waals surface area (Å²) in [5.41, 5.74) is 0. The Morgan fingerprint density at radius 3 is 2.50 bits per heavy atom. The molecule has 0 radical (unpaired) electrons. The molecule has 0 aromatic rings. The largest absolute Gasteiger partial charge is 0.352 e. The molecule has 82 valence electrons. The van der Waals surface area contributed by atoms with Crippen LogP contribution in [-0.4, -0.2) is 22.7 Å². The zero-order valence-electron chi connectivity index (χ0n) is 8.48. The minimum absolute atomic E-state index is 0.138. The molecular weight excluding hydrogens is 221 g/mol. The highest BCUT2D eigenvalue weighted by Gasteiger charge is 2.31. The molecule has 4 heteroatoms. The summed E-state index contributed by atoms with van der Waals surface area (Å²) in [6, 6.07) is 0.303. The van der Waals surface area contributed by atoms with Crippen LogP contribution >= 0.6 is 23.2 Å². The number of alkyl halides is 2. The third-order valence-electron chi connectivity index (χ3n) is 2.66. The first-order valence-corrected chi connectivity index (χ1v) is 6.03. The van der Waals surface area contributed by atoms with Gasteiger partial charge in [-0.3, -0.25) is 4.79 Å². The van der Waals surface area contributed by atoms with E-state index >= 15 is 0 Å². The number of halogens is 2. The SMILES string of the molecule is CC(Cl)(CCl)C(=O)NC1CCCCC1. The predicted octanol–water partition coefficient (Wildman–Crippen LogP) is 2.67. The van der Waals surface area contributed by atoms with Crippen molar-refractivity contribution < 1.29 is 4.79 Å². The van der Waals surface area contributed by atoms with Crippen LogP contribution in [0, 0.1) is 0 Å². The average molecular weight is 238 g/mol. The maximum absolute atomic E-state index is 11.6. The summed E-state index contributed by atoms with van der Waals surface area (Å²) in [6.45, 7) is 1.65. The minimum Gasteiger partial charge on any atom is -0.352 e. The van der Waals surface area contributed by atoms with E-state index in [4.69, 9.17) is 23.2 Å². The number of hydrogen-bond acceptors (Lipinski definition) is 1. The maximum Gasteiger partial charge on any atom is 0.242 e. The van der Waals surface area contributed by atoms with Gasteiger partial charge in [-0.2, -0.15) is 0 Å². The Kier molecular flexibility index (Phi) is 4.52. The molecule has 1 amide bonds. The summed E-state index contributed by atoms with van der Waals surface area (Å²) in [5.74, 6) is 0.00804. The normalized spacial score (nSPS) is 22.8. The topological polar surface area (TPSA) is 29.1 Å². The second-order valence-corrected chi connectivity index (χ2v) is 5.24. The van der Waals surface area contributed by atoms with Gasteiger partial charge in [0.25, 0.3) is 0 Å². The molecule has 0 bridgehead atoms. The molecule has 1 unspecified atom stereocenters. The highest BCUT2D eigenvalue weighted by molar-refractivity contribution is 6.39. The van der Waals surface area contributed by atoms with E-state index in [1.165, 1.54) is 19.3 Å². The summed E-state index contributed by atoms with van der Waals surface area (Å²) in [5, 5.41) is 2.95. The van der Waals surface area contributed by atoms with Crippen molar-refractivity contribution >= 4 is 29.1 Å². The summed E-state index contributed by atoms with van der Waals surface area (Å²) in [7, 11) is 0. The van der Waals surface area contributed by atoms with Crippen LogP contribution in [0.3, 0.4) is 0 Å². The number of nitrogens with one attached hydrogen (secondary N) is 1. The Morgan fingerprint density at radius 1 is 1.43 bits per heavy atom. The highest BCUT2D eigenvalue weighted by Crippen LogP contribution is 2.21. The maximum atomic E-state index is 11.6. The Labute approximate surface area is 95.3 Å². The van der Waals surface area contributed by atoms with Crippen molar-refractivity contribution in [2.45, 2.75) is 49.9 Å². The molecular formula is C10H17Cl2NO. The van der Waals surface area contributed by atoms with E-state index in [9.17, 15) is 4.79 Å². The molecule has 0 heterocycles. The smallest absolute Gasteiger partial charge is 0.242 e. The summed E-state index contributed by atoms with van der Waals surface area (Å²) < 4.78 is 0. The zero-order chi connectivity index (χ0) is 10.6. The number of rotatable bonds is 3. The summed E-state index contributed by atoms with van der Waals surface area (Å²) in [6.07, 6.45) is 5.82. The van der Waals surface area contributed by atoms with Crippen molar-refractivity contribution in [2.75, 3.05) is 5.88 Å². The number of carbonyl (C=O) groups is 1. The van der Waals surface area contributed by atoms with Gasteiger partial charge in [0, 0.05) is 6.04 Å². The Morgan fingerprint density at radius 2 is 2.00 bits per heavy atom. The molecule has 1 atom stereocenters. The summed E-state index contributed by atoms with van der Waals surface area (Å²) in [4.78, 5) is 10.7. The Bertz CT molecular complexity index is 200. The second kappa shape index (κ2) is 5.22. The van der Waals surface area contributed by atoms with Gasteiger partial charge in [-0.15, -0.1) is 23.2 Å². The fourth-order valence-electron chi connectivity index (χ4n) is 1.64. The van der Waals surface area contributed by atoms with Gasteiger partial charge in [-0.1, -0.05) is 19.3 Å². The second-order valence-electron chi connectivity index (χ2n) is 4.14. The molecule has 1 aliphatic rings. The van der Waals surface area contributed by atoms with E-state index in [-0.39, 0.29) is 11.8 Å². The number of carbonyl (C=O) groups excluding carboxylic acids is 1. The van der Waals surface area contributed by atoms with E-state index in [2.05, 4.69) is 5.32 Å². The van der Waals surface area contributed by atoms with Crippen LogP contribution in [0.5, 0.6) is 0 Å².